The second-order valence-corrected chi connectivity index (χ2v) is 5.38. The molecule has 0 fully saturated rings. The summed E-state index contributed by atoms with van der Waals surface area (Å²) in [6.45, 7) is 0.185. The highest BCUT2D eigenvalue weighted by Gasteiger charge is 2.15. The lowest BCUT2D eigenvalue weighted by atomic mass is 10.1. The van der Waals surface area contributed by atoms with E-state index in [0.29, 0.717) is 14.6 Å². The number of carboxylic acid groups (broad SMARTS) is 1. The average molecular weight is 387 g/mol. The number of aromatic carboxylic acids is 1. The molecule has 3 N–H and O–H groups in total. The molecular formula is C10H10Br2ClNO3. The van der Waals surface area contributed by atoms with E-state index in [0.717, 1.165) is 0 Å². The number of alkyl halides is 1. The molecule has 0 heterocycles. The summed E-state index contributed by atoms with van der Waals surface area (Å²) in [5.41, 5.74) is 0.540. The molecule has 0 aliphatic heterocycles. The van der Waals surface area contributed by atoms with Crippen LogP contribution >= 0.6 is 43.5 Å². The molecule has 1 aromatic carbocycles. The van der Waals surface area contributed by atoms with Gasteiger partial charge in [-0.3, -0.25) is 0 Å². The number of carboxylic acids is 1. The Balaban J connectivity index is 3.00. The van der Waals surface area contributed by atoms with E-state index in [4.69, 9.17) is 16.7 Å². The summed E-state index contributed by atoms with van der Waals surface area (Å²) in [5, 5.41) is 21.3. The second-order valence-electron chi connectivity index (χ2n) is 3.30. The van der Waals surface area contributed by atoms with Gasteiger partial charge < -0.3 is 15.5 Å². The van der Waals surface area contributed by atoms with Gasteiger partial charge in [0.05, 0.1) is 23.2 Å². The number of aliphatic hydroxyl groups excluding tert-OH is 1. The van der Waals surface area contributed by atoms with Crippen molar-refractivity contribution in [3.63, 3.8) is 0 Å². The fraction of sp³-hybridized carbons (Fsp3) is 0.300. The van der Waals surface area contributed by atoms with Gasteiger partial charge in [-0.1, -0.05) is 15.9 Å². The SMILES string of the molecule is O=C(O)c1cc(Br)cc(Br)c1NCC(O)CCl. The van der Waals surface area contributed by atoms with E-state index in [9.17, 15) is 9.90 Å². The first-order valence-electron chi connectivity index (χ1n) is 4.66. The maximum absolute atomic E-state index is 11.1. The Labute approximate surface area is 120 Å². The number of nitrogens with one attached hydrogen (secondary N) is 1. The number of rotatable bonds is 5. The van der Waals surface area contributed by atoms with Crippen LogP contribution in [0.3, 0.4) is 0 Å². The summed E-state index contributed by atoms with van der Waals surface area (Å²) >= 11 is 11.9. The maximum Gasteiger partial charge on any atom is 0.337 e. The molecule has 1 unspecified atom stereocenters. The number of benzene rings is 1. The van der Waals surface area contributed by atoms with Gasteiger partial charge in [0, 0.05) is 15.5 Å². The van der Waals surface area contributed by atoms with Crippen LogP contribution in [0.15, 0.2) is 21.1 Å². The number of hydrogen-bond donors (Lipinski definition) is 3. The van der Waals surface area contributed by atoms with E-state index in [1.807, 2.05) is 0 Å². The highest BCUT2D eigenvalue weighted by molar-refractivity contribution is 9.11. The van der Waals surface area contributed by atoms with Gasteiger partial charge in [-0.2, -0.15) is 0 Å². The molecule has 0 saturated heterocycles. The van der Waals surface area contributed by atoms with Crippen LogP contribution in [0.4, 0.5) is 5.69 Å². The zero-order valence-electron chi connectivity index (χ0n) is 8.58. The first kappa shape index (κ1) is 14.8. The Morgan fingerprint density at radius 3 is 2.65 bits per heavy atom. The Hall–Kier alpha value is -0.300. The van der Waals surface area contributed by atoms with Gasteiger partial charge in [0.25, 0.3) is 0 Å². The van der Waals surface area contributed by atoms with Crippen molar-refractivity contribution in [2.75, 3.05) is 17.7 Å². The lowest BCUT2D eigenvalue weighted by Gasteiger charge is -2.14. The number of aliphatic hydroxyl groups is 1. The quantitative estimate of drug-likeness (QED) is 0.680. The molecule has 4 nitrogen and oxygen atoms in total. The first-order valence-corrected chi connectivity index (χ1v) is 6.78. The molecule has 7 heteroatoms. The van der Waals surface area contributed by atoms with E-state index in [2.05, 4.69) is 37.2 Å². The van der Waals surface area contributed by atoms with Crippen molar-refractivity contribution in [1.29, 1.82) is 0 Å². The number of anilines is 1. The van der Waals surface area contributed by atoms with Gasteiger partial charge in [-0.05, 0) is 28.1 Å². The van der Waals surface area contributed by atoms with Crippen LogP contribution in [0.1, 0.15) is 10.4 Å². The van der Waals surface area contributed by atoms with Gasteiger partial charge in [-0.15, -0.1) is 11.6 Å². The standard InChI is InChI=1S/C10H10Br2ClNO3/c11-5-1-7(10(16)17)9(8(12)2-5)14-4-6(15)3-13/h1-2,6,14-15H,3-4H2,(H,16,17). The van der Waals surface area contributed by atoms with Crippen LogP contribution in [-0.2, 0) is 0 Å². The summed E-state index contributed by atoms with van der Waals surface area (Å²) in [4.78, 5) is 11.1. The Bertz CT molecular complexity index is 428. The summed E-state index contributed by atoms with van der Waals surface area (Å²) in [7, 11) is 0. The van der Waals surface area contributed by atoms with Crippen molar-refractivity contribution in [1.82, 2.24) is 0 Å². The molecule has 0 aliphatic rings. The lowest BCUT2D eigenvalue weighted by molar-refractivity contribution is 0.0697. The van der Waals surface area contributed by atoms with E-state index < -0.39 is 12.1 Å². The van der Waals surface area contributed by atoms with Gasteiger partial charge in [0.1, 0.15) is 0 Å². The van der Waals surface area contributed by atoms with Crippen LogP contribution in [-0.4, -0.2) is 34.7 Å². The molecule has 1 rings (SSSR count). The zero-order chi connectivity index (χ0) is 13.0. The molecule has 1 aromatic rings. The summed E-state index contributed by atoms with van der Waals surface area (Å²) in [6, 6.07) is 3.21. The van der Waals surface area contributed by atoms with Crippen molar-refractivity contribution in [3.05, 3.63) is 26.6 Å². The molecule has 94 valence electrons. The molecule has 0 bridgehead atoms. The van der Waals surface area contributed by atoms with Gasteiger partial charge in [-0.25, -0.2) is 4.79 Å². The highest BCUT2D eigenvalue weighted by Crippen LogP contribution is 2.30. The van der Waals surface area contributed by atoms with Gasteiger partial charge in [0.15, 0.2) is 0 Å². The third-order valence-electron chi connectivity index (χ3n) is 1.98. The third kappa shape index (κ3) is 4.13. The maximum atomic E-state index is 11.1. The topological polar surface area (TPSA) is 69.6 Å². The predicted molar refractivity (Wildman–Crippen MR) is 74.0 cm³/mol. The minimum absolute atomic E-state index is 0.0869. The number of halogens is 3. The van der Waals surface area contributed by atoms with Crippen LogP contribution in [0.5, 0.6) is 0 Å². The van der Waals surface area contributed by atoms with Gasteiger partial charge in [0.2, 0.25) is 0 Å². The van der Waals surface area contributed by atoms with Crippen LogP contribution in [0.25, 0.3) is 0 Å². The summed E-state index contributed by atoms with van der Waals surface area (Å²) in [6.07, 6.45) is -0.728. The molecule has 0 radical (unpaired) electrons. The lowest BCUT2D eigenvalue weighted by Crippen LogP contribution is -2.22. The van der Waals surface area contributed by atoms with Crippen LogP contribution < -0.4 is 5.32 Å². The monoisotopic (exact) mass is 385 g/mol. The molecule has 0 spiro atoms. The fourth-order valence-corrected chi connectivity index (χ4v) is 2.67. The second kappa shape index (κ2) is 6.58. The normalized spacial score (nSPS) is 12.2. The van der Waals surface area contributed by atoms with E-state index >= 15 is 0 Å². The number of hydrogen-bond acceptors (Lipinski definition) is 3. The number of carbonyl (C=O) groups is 1. The van der Waals surface area contributed by atoms with Gasteiger partial charge >= 0.3 is 5.97 Å². The van der Waals surface area contributed by atoms with E-state index in [1.165, 1.54) is 6.07 Å². The Morgan fingerprint density at radius 1 is 1.47 bits per heavy atom. The van der Waals surface area contributed by atoms with Crippen molar-refractivity contribution in [2.45, 2.75) is 6.10 Å². The molecule has 0 aliphatic carbocycles. The van der Waals surface area contributed by atoms with Crippen molar-refractivity contribution in [3.8, 4) is 0 Å². The average Bonchev–Trinajstić information content (AvgIpc) is 2.26. The highest BCUT2D eigenvalue weighted by atomic mass is 79.9. The van der Waals surface area contributed by atoms with Crippen molar-refractivity contribution >= 4 is 55.1 Å². The minimum Gasteiger partial charge on any atom is -0.478 e. The third-order valence-corrected chi connectivity index (χ3v) is 3.42. The van der Waals surface area contributed by atoms with E-state index in [1.54, 1.807) is 6.07 Å². The molecule has 1 atom stereocenters. The molecule has 0 aromatic heterocycles. The molecule has 0 amide bonds. The smallest absolute Gasteiger partial charge is 0.337 e. The van der Waals surface area contributed by atoms with Crippen LogP contribution in [0, 0.1) is 0 Å². The summed E-state index contributed by atoms with van der Waals surface area (Å²) < 4.78 is 1.26. The zero-order valence-corrected chi connectivity index (χ0v) is 12.5. The molecule has 17 heavy (non-hydrogen) atoms. The van der Waals surface area contributed by atoms with E-state index in [-0.39, 0.29) is 18.0 Å². The summed E-state index contributed by atoms with van der Waals surface area (Å²) in [5.74, 6) is -0.960. The predicted octanol–water partition coefficient (Wildman–Crippen LogP) is 2.92. The first-order chi connectivity index (χ1) is 7.95. The minimum atomic E-state index is -1.05. The Morgan fingerprint density at radius 2 is 2.12 bits per heavy atom. The van der Waals surface area contributed by atoms with Crippen LogP contribution in [0.2, 0.25) is 0 Å². The van der Waals surface area contributed by atoms with Crippen molar-refractivity contribution < 1.29 is 15.0 Å². The Kier molecular flexibility index (Phi) is 5.72. The van der Waals surface area contributed by atoms with Crippen molar-refractivity contribution in [2.24, 2.45) is 0 Å². The molecular weight excluding hydrogens is 377 g/mol. The molecule has 0 saturated carbocycles. The largest absolute Gasteiger partial charge is 0.478 e. The fourth-order valence-electron chi connectivity index (χ4n) is 1.20.